The summed E-state index contributed by atoms with van der Waals surface area (Å²) in [5.74, 6) is 0.403. The van der Waals surface area contributed by atoms with Crippen molar-refractivity contribution < 1.29 is 14.3 Å². The number of nitrogens with zero attached hydrogens (tertiary/aromatic N) is 2. The molecule has 1 aromatic carbocycles. The van der Waals surface area contributed by atoms with Crippen LogP contribution in [0, 0.1) is 0 Å². The van der Waals surface area contributed by atoms with Gasteiger partial charge in [0.2, 0.25) is 5.95 Å². The number of nitrogens with one attached hydrogen (secondary N) is 1. The van der Waals surface area contributed by atoms with E-state index in [1.807, 2.05) is 26.0 Å². The zero-order valence-electron chi connectivity index (χ0n) is 16.4. The Kier molecular flexibility index (Phi) is 5.99. The molecule has 1 unspecified atom stereocenters. The first-order valence-electron chi connectivity index (χ1n) is 9.33. The van der Waals surface area contributed by atoms with Gasteiger partial charge >= 0.3 is 5.97 Å². The molecule has 0 radical (unpaired) electrons. The van der Waals surface area contributed by atoms with Crippen LogP contribution in [0.15, 0.2) is 29.1 Å². The highest BCUT2D eigenvalue weighted by Crippen LogP contribution is 2.31. The second kappa shape index (κ2) is 8.43. The van der Waals surface area contributed by atoms with Crippen LogP contribution in [-0.4, -0.2) is 35.3 Å². The summed E-state index contributed by atoms with van der Waals surface area (Å²) in [6.45, 7) is 4.53. The molecule has 0 bridgehead atoms. The number of aromatic nitrogens is 2. The number of hydrogen-bond donors (Lipinski definition) is 2. The molecule has 3 N–H and O–H groups in total. The van der Waals surface area contributed by atoms with E-state index in [0.29, 0.717) is 23.5 Å². The number of carbonyl (C=O) groups excluding carboxylic acids is 1. The number of hydrogen-bond acceptors (Lipinski definition) is 7. The minimum atomic E-state index is -0.353. The minimum absolute atomic E-state index is 0.0126. The van der Waals surface area contributed by atoms with E-state index in [4.69, 9.17) is 15.2 Å². The second-order valence-corrected chi connectivity index (χ2v) is 7.11. The maximum Gasteiger partial charge on any atom is 0.337 e. The highest BCUT2D eigenvalue weighted by molar-refractivity contribution is 5.89. The maximum atomic E-state index is 12.9. The zero-order valence-corrected chi connectivity index (χ0v) is 16.4. The third kappa shape index (κ3) is 4.17. The van der Waals surface area contributed by atoms with E-state index in [1.54, 1.807) is 12.1 Å². The summed E-state index contributed by atoms with van der Waals surface area (Å²) in [5.41, 5.74) is 8.05. The van der Waals surface area contributed by atoms with E-state index in [0.717, 1.165) is 18.4 Å². The van der Waals surface area contributed by atoms with Crippen LogP contribution in [-0.2, 0) is 22.6 Å². The average molecular weight is 386 g/mol. The number of nitrogens with two attached hydrogens (primary N) is 1. The number of methoxy groups -OCH3 is 1. The van der Waals surface area contributed by atoms with Crippen molar-refractivity contribution in [1.29, 1.82) is 0 Å². The molecule has 0 saturated carbocycles. The Morgan fingerprint density at radius 1 is 1.36 bits per heavy atom. The van der Waals surface area contributed by atoms with Crippen molar-refractivity contribution in [3.05, 3.63) is 51.3 Å². The molecular weight excluding hydrogens is 360 g/mol. The van der Waals surface area contributed by atoms with Gasteiger partial charge in [0.25, 0.3) is 5.56 Å². The summed E-state index contributed by atoms with van der Waals surface area (Å²) in [4.78, 5) is 28.8. The van der Waals surface area contributed by atoms with Crippen LogP contribution < -0.4 is 16.6 Å². The molecule has 1 atom stereocenters. The van der Waals surface area contributed by atoms with E-state index in [1.165, 1.54) is 11.7 Å². The lowest BCUT2D eigenvalue weighted by Gasteiger charge is -2.15. The standard InChI is InChI=1S/C20H26N4O4/c1-12(2)28-11-24-18(25)16-15(10-22-17(16)23-20(24)21)9-6-13-4-7-14(8-5-13)19(26)27-3/h4-5,7-8,12,15,22H,6,9-11H2,1-3H3,(H2,21,23). The molecule has 8 heteroatoms. The van der Waals surface area contributed by atoms with Gasteiger partial charge in [-0.3, -0.25) is 9.36 Å². The summed E-state index contributed by atoms with van der Waals surface area (Å²) in [7, 11) is 1.36. The second-order valence-electron chi connectivity index (χ2n) is 7.11. The van der Waals surface area contributed by atoms with Gasteiger partial charge in [-0.25, -0.2) is 4.79 Å². The fourth-order valence-electron chi connectivity index (χ4n) is 3.27. The van der Waals surface area contributed by atoms with Crippen LogP contribution >= 0.6 is 0 Å². The largest absolute Gasteiger partial charge is 0.465 e. The predicted octanol–water partition coefficient (Wildman–Crippen LogP) is 2.14. The number of anilines is 2. The van der Waals surface area contributed by atoms with Gasteiger partial charge in [-0.2, -0.15) is 4.98 Å². The first kappa shape index (κ1) is 19.9. The normalized spacial score (nSPS) is 15.4. The van der Waals surface area contributed by atoms with Crippen molar-refractivity contribution in [3.63, 3.8) is 0 Å². The van der Waals surface area contributed by atoms with E-state index < -0.39 is 0 Å². The molecule has 2 heterocycles. The van der Waals surface area contributed by atoms with Gasteiger partial charge < -0.3 is 20.5 Å². The van der Waals surface area contributed by atoms with Crippen LogP contribution in [0.5, 0.6) is 0 Å². The van der Waals surface area contributed by atoms with Crippen LogP contribution in [0.25, 0.3) is 0 Å². The summed E-state index contributed by atoms with van der Waals surface area (Å²) in [6, 6.07) is 7.32. The highest BCUT2D eigenvalue weighted by Gasteiger charge is 2.28. The van der Waals surface area contributed by atoms with Gasteiger partial charge in [-0.15, -0.1) is 0 Å². The first-order chi connectivity index (χ1) is 13.4. The molecule has 0 spiro atoms. The van der Waals surface area contributed by atoms with E-state index >= 15 is 0 Å². The molecule has 2 aromatic rings. The number of nitrogen functional groups attached to an aromatic ring is 1. The van der Waals surface area contributed by atoms with E-state index in [9.17, 15) is 9.59 Å². The molecule has 1 aliphatic rings. The number of ether oxygens (including phenoxy) is 2. The molecule has 28 heavy (non-hydrogen) atoms. The fourth-order valence-corrected chi connectivity index (χ4v) is 3.27. The van der Waals surface area contributed by atoms with Gasteiger partial charge in [0.1, 0.15) is 12.5 Å². The number of carbonyl (C=O) groups is 1. The van der Waals surface area contributed by atoms with Crippen molar-refractivity contribution in [2.24, 2.45) is 0 Å². The van der Waals surface area contributed by atoms with Crippen LogP contribution in [0.2, 0.25) is 0 Å². The van der Waals surface area contributed by atoms with Gasteiger partial charge in [0.15, 0.2) is 0 Å². The number of rotatable bonds is 7. The molecule has 0 amide bonds. The van der Waals surface area contributed by atoms with Gasteiger partial charge in [0.05, 0.1) is 24.3 Å². The van der Waals surface area contributed by atoms with Crippen molar-refractivity contribution in [1.82, 2.24) is 9.55 Å². The molecule has 150 valence electrons. The zero-order chi connectivity index (χ0) is 20.3. The van der Waals surface area contributed by atoms with Crippen molar-refractivity contribution >= 4 is 17.7 Å². The van der Waals surface area contributed by atoms with Gasteiger partial charge in [-0.1, -0.05) is 12.1 Å². The molecule has 0 fully saturated rings. The van der Waals surface area contributed by atoms with Gasteiger partial charge in [0, 0.05) is 12.5 Å². The smallest absolute Gasteiger partial charge is 0.337 e. The quantitative estimate of drug-likeness (QED) is 0.702. The van der Waals surface area contributed by atoms with Crippen LogP contribution in [0.1, 0.15) is 47.7 Å². The molecule has 1 aliphatic heterocycles. The van der Waals surface area contributed by atoms with Crippen molar-refractivity contribution in [2.45, 2.75) is 45.4 Å². The number of fused-ring (bicyclic) bond motifs is 1. The molecule has 0 saturated heterocycles. The Morgan fingerprint density at radius 3 is 2.71 bits per heavy atom. The number of benzene rings is 1. The Labute approximate surface area is 163 Å². The highest BCUT2D eigenvalue weighted by atomic mass is 16.5. The first-order valence-corrected chi connectivity index (χ1v) is 9.33. The predicted molar refractivity (Wildman–Crippen MR) is 106 cm³/mol. The maximum absolute atomic E-state index is 12.9. The third-order valence-corrected chi connectivity index (χ3v) is 4.85. The van der Waals surface area contributed by atoms with E-state index in [2.05, 4.69) is 10.3 Å². The Morgan fingerprint density at radius 2 is 2.07 bits per heavy atom. The lowest BCUT2D eigenvalue weighted by Crippen LogP contribution is -2.29. The summed E-state index contributed by atoms with van der Waals surface area (Å²) >= 11 is 0. The molecule has 8 nitrogen and oxygen atoms in total. The summed E-state index contributed by atoms with van der Waals surface area (Å²) in [5, 5.41) is 3.19. The summed E-state index contributed by atoms with van der Waals surface area (Å²) in [6.07, 6.45) is 1.55. The number of aryl methyl sites for hydroxylation is 1. The van der Waals surface area contributed by atoms with E-state index in [-0.39, 0.29) is 36.2 Å². The van der Waals surface area contributed by atoms with Crippen molar-refractivity contribution in [2.75, 3.05) is 24.7 Å². The molecule has 1 aromatic heterocycles. The average Bonchev–Trinajstić information content (AvgIpc) is 3.08. The lowest BCUT2D eigenvalue weighted by atomic mass is 9.95. The number of esters is 1. The molecular formula is C20H26N4O4. The van der Waals surface area contributed by atoms with Crippen LogP contribution in [0.4, 0.5) is 11.8 Å². The van der Waals surface area contributed by atoms with Crippen molar-refractivity contribution in [3.8, 4) is 0 Å². The molecule has 3 rings (SSSR count). The Balaban J connectivity index is 1.74. The Hall–Kier alpha value is -2.87. The monoisotopic (exact) mass is 386 g/mol. The third-order valence-electron chi connectivity index (χ3n) is 4.85. The Bertz CT molecular complexity index is 906. The SMILES string of the molecule is COC(=O)c1ccc(CCC2CNc3nc(N)n(COC(C)C)c(=O)c32)cc1. The summed E-state index contributed by atoms with van der Waals surface area (Å²) < 4.78 is 11.6. The fraction of sp³-hybridized carbons (Fsp3) is 0.450. The topological polar surface area (TPSA) is 108 Å². The van der Waals surface area contributed by atoms with Gasteiger partial charge in [-0.05, 0) is 44.4 Å². The van der Waals surface area contributed by atoms with Crippen LogP contribution in [0.3, 0.4) is 0 Å². The molecule has 0 aliphatic carbocycles. The minimum Gasteiger partial charge on any atom is -0.465 e. The lowest BCUT2D eigenvalue weighted by molar-refractivity contribution is 0.0274.